The Kier molecular flexibility index (Phi) is 4.47. The zero-order valence-corrected chi connectivity index (χ0v) is 13.6. The fraction of sp³-hybridized carbons (Fsp3) is 0.312. The highest BCUT2D eigenvalue weighted by molar-refractivity contribution is 5.45. The number of halogens is 3. The van der Waals surface area contributed by atoms with E-state index in [2.05, 4.69) is 25.3 Å². The van der Waals surface area contributed by atoms with Gasteiger partial charge in [-0.1, -0.05) is 19.1 Å². The van der Waals surface area contributed by atoms with Gasteiger partial charge in [-0.05, 0) is 36.8 Å². The van der Waals surface area contributed by atoms with E-state index in [-0.39, 0.29) is 11.8 Å². The first-order valence-corrected chi connectivity index (χ1v) is 7.69. The fourth-order valence-corrected chi connectivity index (χ4v) is 2.39. The predicted octanol–water partition coefficient (Wildman–Crippen LogP) is 3.76. The topological polar surface area (TPSA) is 64.3 Å². The van der Waals surface area contributed by atoms with Gasteiger partial charge in [-0.2, -0.15) is 4.52 Å². The van der Waals surface area contributed by atoms with Crippen LogP contribution >= 0.6 is 0 Å². The van der Waals surface area contributed by atoms with Crippen molar-refractivity contribution in [1.29, 1.82) is 0 Å². The van der Waals surface area contributed by atoms with E-state index in [1.54, 1.807) is 28.8 Å². The molecule has 3 aromatic rings. The maximum Gasteiger partial charge on any atom is 0.573 e. The fourth-order valence-electron chi connectivity index (χ4n) is 2.39. The Morgan fingerprint density at radius 2 is 1.84 bits per heavy atom. The zero-order valence-electron chi connectivity index (χ0n) is 13.6. The average Bonchev–Trinajstić information content (AvgIpc) is 2.96. The molecule has 1 aromatic carbocycles. The van der Waals surface area contributed by atoms with Crippen LogP contribution in [0.2, 0.25) is 0 Å². The van der Waals surface area contributed by atoms with E-state index in [0.29, 0.717) is 17.9 Å². The lowest BCUT2D eigenvalue weighted by Gasteiger charge is -2.16. The molecule has 0 saturated carbocycles. The third kappa shape index (κ3) is 3.98. The molecule has 25 heavy (non-hydrogen) atoms. The number of alkyl halides is 3. The van der Waals surface area contributed by atoms with E-state index < -0.39 is 6.36 Å². The number of hydrogen-bond donors (Lipinski definition) is 1. The molecule has 0 bridgehead atoms. The van der Waals surface area contributed by atoms with Crippen LogP contribution in [0.25, 0.3) is 5.65 Å². The largest absolute Gasteiger partial charge is 0.573 e. The summed E-state index contributed by atoms with van der Waals surface area (Å²) in [5.41, 5.74) is 1.46. The van der Waals surface area contributed by atoms with Crippen LogP contribution in [0, 0.1) is 0 Å². The van der Waals surface area contributed by atoms with Crippen molar-refractivity contribution in [3.8, 4) is 5.75 Å². The van der Waals surface area contributed by atoms with Crippen LogP contribution in [0.4, 0.5) is 19.0 Å². The van der Waals surface area contributed by atoms with Crippen molar-refractivity contribution < 1.29 is 17.9 Å². The minimum Gasteiger partial charge on any atom is -0.406 e. The maximum atomic E-state index is 12.2. The molecule has 2 heterocycles. The van der Waals surface area contributed by atoms with E-state index in [1.807, 2.05) is 13.8 Å². The standard InChI is InChI=1S/C16H16F3N5O/c1-3-14-21-22-15-9-8-13(23-24(14)15)20-10(2)11-4-6-12(7-5-11)25-16(17,18)19/h4-10H,3H2,1-2H3,(H,20,23)/t10-/m0/s1. The van der Waals surface area contributed by atoms with Gasteiger partial charge < -0.3 is 10.1 Å². The van der Waals surface area contributed by atoms with Crippen LogP contribution in [0.15, 0.2) is 36.4 Å². The molecule has 0 saturated heterocycles. The van der Waals surface area contributed by atoms with Crippen molar-refractivity contribution in [2.24, 2.45) is 0 Å². The van der Waals surface area contributed by atoms with Crippen molar-refractivity contribution in [2.75, 3.05) is 5.32 Å². The molecule has 132 valence electrons. The lowest BCUT2D eigenvalue weighted by Crippen LogP contribution is -2.17. The SMILES string of the molecule is CCc1nnc2ccc(N[C@@H](C)c3ccc(OC(F)(F)F)cc3)nn12. The lowest BCUT2D eigenvalue weighted by atomic mass is 10.1. The summed E-state index contributed by atoms with van der Waals surface area (Å²) >= 11 is 0. The second-order valence-corrected chi connectivity index (χ2v) is 5.44. The Morgan fingerprint density at radius 3 is 2.48 bits per heavy atom. The molecule has 0 aliphatic heterocycles. The zero-order chi connectivity index (χ0) is 18.0. The van der Waals surface area contributed by atoms with Gasteiger partial charge in [0.1, 0.15) is 11.6 Å². The number of anilines is 1. The van der Waals surface area contributed by atoms with Crippen LogP contribution in [0.1, 0.15) is 31.3 Å². The van der Waals surface area contributed by atoms with Crippen LogP contribution in [0.5, 0.6) is 5.75 Å². The van der Waals surface area contributed by atoms with Gasteiger partial charge in [0.05, 0.1) is 6.04 Å². The lowest BCUT2D eigenvalue weighted by molar-refractivity contribution is -0.274. The molecule has 0 aliphatic rings. The van der Waals surface area contributed by atoms with Gasteiger partial charge >= 0.3 is 6.36 Å². The van der Waals surface area contributed by atoms with Gasteiger partial charge in [0.2, 0.25) is 0 Å². The highest BCUT2D eigenvalue weighted by atomic mass is 19.4. The van der Waals surface area contributed by atoms with Crippen LogP contribution in [-0.2, 0) is 6.42 Å². The number of nitrogens with one attached hydrogen (secondary N) is 1. The quantitative estimate of drug-likeness (QED) is 0.758. The molecule has 6 nitrogen and oxygen atoms in total. The number of aromatic nitrogens is 4. The number of hydrogen-bond acceptors (Lipinski definition) is 5. The number of benzene rings is 1. The van der Waals surface area contributed by atoms with E-state index in [0.717, 1.165) is 11.4 Å². The second kappa shape index (κ2) is 6.58. The molecule has 0 aliphatic carbocycles. The van der Waals surface area contributed by atoms with Crippen molar-refractivity contribution in [1.82, 2.24) is 19.8 Å². The summed E-state index contributed by atoms with van der Waals surface area (Å²) in [6.07, 6.45) is -3.99. The highest BCUT2D eigenvalue weighted by Gasteiger charge is 2.31. The van der Waals surface area contributed by atoms with Crippen molar-refractivity contribution in [3.05, 3.63) is 47.8 Å². The summed E-state index contributed by atoms with van der Waals surface area (Å²) in [5, 5.41) is 15.7. The van der Waals surface area contributed by atoms with Crippen molar-refractivity contribution in [3.63, 3.8) is 0 Å². The number of ether oxygens (including phenoxy) is 1. The molecule has 0 radical (unpaired) electrons. The molecule has 1 N–H and O–H groups in total. The van der Waals surface area contributed by atoms with Crippen LogP contribution in [0.3, 0.4) is 0 Å². The molecule has 0 fully saturated rings. The van der Waals surface area contributed by atoms with E-state index in [9.17, 15) is 13.2 Å². The van der Waals surface area contributed by atoms with Gasteiger partial charge in [0, 0.05) is 6.42 Å². The first-order chi connectivity index (χ1) is 11.9. The molecule has 0 amide bonds. The first-order valence-electron chi connectivity index (χ1n) is 7.69. The second-order valence-electron chi connectivity index (χ2n) is 5.44. The van der Waals surface area contributed by atoms with Gasteiger partial charge in [0.25, 0.3) is 0 Å². The maximum absolute atomic E-state index is 12.2. The average molecular weight is 351 g/mol. The summed E-state index contributed by atoms with van der Waals surface area (Å²) in [5.74, 6) is 1.12. The van der Waals surface area contributed by atoms with Crippen molar-refractivity contribution >= 4 is 11.5 Å². The Labute approximate surface area is 141 Å². The number of rotatable bonds is 5. The third-order valence-corrected chi connectivity index (χ3v) is 3.62. The minimum absolute atomic E-state index is 0.161. The van der Waals surface area contributed by atoms with Crippen LogP contribution in [-0.4, -0.2) is 26.2 Å². The minimum atomic E-state index is -4.69. The van der Waals surface area contributed by atoms with Gasteiger partial charge in [0.15, 0.2) is 11.5 Å². The van der Waals surface area contributed by atoms with Gasteiger partial charge in [-0.3, -0.25) is 0 Å². The molecule has 3 rings (SSSR count). The molecular weight excluding hydrogens is 335 g/mol. The summed E-state index contributed by atoms with van der Waals surface area (Å²) in [7, 11) is 0. The van der Waals surface area contributed by atoms with E-state index >= 15 is 0 Å². The van der Waals surface area contributed by atoms with Crippen molar-refractivity contribution in [2.45, 2.75) is 32.7 Å². The molecular formula is C16H16F3N5O. The van der Waals surface area contributed by atoms with Crippen LogP contribution < -0.4 is 10.1 Å². The molecule has 0 spiro atoms. The molecule has 9 heteroatoms. The summed E-state index contributed by atoms with van der Waals surface area (Å²) < 4.78 is 42.1. The van der Waals surface area contributed by atoms with Gasteiger partial charge in [-0.25, -0.2) is 0 Å². The number of fused-ring (bicyclic) bond motifs is 1. The smallest absolute Gasteiger partial charge is 0.406 e. The summed E-state index contributed by atoms with van der Waals surface area (Å²) in [4.78, 5) is 0. The Balaban J connectivity index is 1.74. The van der Waals surface area contributed by atoms with E-state index in [4.69, 9.17) is 0 Å². The molecule has 1 atom stereocenters. The highest BCUT2D eigenvalue weighted by Crippen LogP contribution is 2.25. The Morgan fingerprint density at radius 1 is 1.12 bits per heavy atom. The molecule has 2 aromatic heterocycles. The summed E-state index contributed by atoms with van der Waals surface area (Å²) in [6.45, 7) is 3.85. The number of nitrogens with zero attached hydrogens (tertiary/aromatic N) is 4. The first kappa shape index (κ1) is 17.0. The Hall–Kier alpha value is -2.84. The summed E-state index contributed by atoms with van der Waals surface area (Å²) in [6, 6.07) is 9.14. The third-order valence-electron chi connectivity index (χ3n) is 3.62. The van der Waals surface area contributed by atoms with Gasteiger partial charge in [-0.15, -0.1) is 28.5 Å². The molecule has 0 unspecified atom stereocenters. The Bertz CT molecular complexity index is 860. The monoisotopic (exact) mass is 351 g/mol. The number of aryl methyl sites for hydroxylation is 1. The predicted molar refractivity (Wildman–Crippen MR) is 85.3 cm³/mol. The normalized spacial score (nSPS) is 13.0. The van der Waals surface area contributed by atoms with E-state index in [1.165, 1.54) is 12.1 Å².